The summed E-state index contributed by atoms with van der Waals surface area (Å²) in [6.07, 6.45) is 0. The van der Waals surface area contributed by atoms with Gasteiger partial charge in [-0.1, -0.05) is 6.07 Å². The molecule has 5 nitrogen and oxygen atoms in total. The second kappa shape index (κ2) is 4.46. The Labute approximate surface area is 101 Å². The number of amides is 1. The summed E-state index contributed by atoms with van der Waals surface area (Å²) in [7, 11) is -3.63. The summed E-state index contributed by atoms with van der Waals surface area (Å²) >= 11 is 0. The number of hydrogen-bond donors (Lipinski definition) is 2. The first-order valence-electron chi connectivity index (χ1n) is 5.06. The molecule has 0 saturated carbocycles. The van der Waals surface area contributed by atoms with Gasteiger partial charge in [0.2, 0.25) is 15.9 Å². The van der Waals surface area contributed by atoms with E-state index >= 15 is 0 Å². The molecule has 0 atom stereocenters. The Morgan fingerprint density at radius 3 is 2.35 bits per heavy atom. The SMILES string of the molecule is CC(C)(C)NS(=O)(=O)c1cccc(C(N)=O)c1. The van der Waals surface area contributed by atoms with E-state index < -0.39 is 21.5 Å². The van der Waals surface area contributed by atoms with Gasteiger partial charge in [0.15, 0.2) is 0 Å². The zero-order valence-electron chi connectivity index (χ0n) is 10.0. The minimum absolute atomic E-state index is 0.0312. The van der Waals surface area contributed by atoms with Gasteiger partial charge in [0.25, 0.3) is 0 Å². The van der Waals surface area contributed by atoms with Crippen LogP contribution in [0.2, 0.25) is 0 Å². The van der Waals surface area contributed by atoms with Gasteiger partial charge in [0.05, 0.1) is 4.90 Å². The van der Waals surface area contributed by atoms with Crippen LogP contribution in [0, 0.1) is 0 Å². The highest BCUT2D eigenvalue weighted by Gasteiger charge is 2.22. The van der Waals surface area contributed by atoms with Crippen molar-refractivity contribution in [3.05, 3.63) is 29.8 Å². The number of benzene rings is 1. The van der Waals surface area contributed by atoms with Gasteiger partial charge in [-0.15, -0.1) is 0 Å². The molecule has 0 radical (unpaired) electrons. The zero-order valence-corrected chi connectivity index (χ0v) is 10.8. The van der Waals surface area contributed by atoms with Gasteiger partial charge in [0, 0.05) is 11.1 Å². The Morgan fingerprint density at radius 1 is 1.29 bits per heavy atom. The molecule has 0 aliphatic rings. The van der Waals surface area contributed by atoms with Crippen molar-refractivity contribution in [1.82, 2.24) is 4.72 Å². The number of sulfonamides is 1. The van der Waals surface area contributed by atoms with Crippen LogP contribution in [-0.4, -0.2) is 19.9 Å². The highest BCUT2D eigenvalue weighted by Crippen LogP contribution is 2.14. The van der Waals surface area contributed by atoms with E-state index in [1.807, 2.05) is 0 Å². The third-order valence-electron chi connectivity index (χ3n) is 1.87. The fraction of sp³-hybridized carbons (Fsp3) is 0.364. The lowest BCUT2D eigenvalue weighted by Gasteiger charge is -2.20. The van der Waals surface area contributed by atoms with Crippen molar-refractivity contribution in [1.29, 1.82) is 0 Å². The van der Waals surface area contributed by atoms with Gasteiger partial charge < -0.3 is 5.73 Å². The topological polar surface area (TPSA) is 89.3 Å². The minimum Gasteiger partial charge on any atom is -0.366 e. The van der Waals surface area contributed by atoms with Crippen LogP contribution < -0.4 is 10.5 Å². The first kappa shape index (κ1) is 13.7. The average Bonchev–Trinajstić information content (AvgIpc) is 2.14. The molecular formula is C11H16N2O3S. The van der Waals surface area contributed by atoms with Gasteiger partial charge in [-0.3, -0.25) is 4.79 Å². The standard InChI is InChI=1S/C11H16N2O3S/c1-11(2,3)13-17(15,16)9-6-4-5-8(7-9)10(12)14/h4-7,13H,1-3H3,(H2,12,14). The molecule has 0 aliphatic carbocycles. The number of nitrogens with two attached hydrogens (primary N) is 1. The lowest BCUT2D eigenvalue weighted by Crippen LogP contribution is -2.40. The Kier molecular flexibility index (Phi) is 3.59. The van der Waals surface area contributed by atoms with E-state index in [0.29, 0.717) is 0 Å². The van der Waals surface area contributed by atoms with Crippen LogP contribution in [0.25, 0.3) is 0 Å². The van der Waals surface area contributed by atoms with Crippen molar-refractivity contribution in [2.24, 2.45) is 5.73 Å². The second-order valence-corrected chi connectivity index (χ2v) is 6.43. The molecule has 17 heavy (non-hydrogen) atoms. The third kappa shape index (κ3) is 3.83. The fourth-order valence-corrected chi connectivity index (χ4v) is 2.74. The van der Waals surface area contributed by atoms with Crippen molar-refractivity contribution >= 4 is 15.9 Å². The van der Waals surface area contributed by atoms with Gasteiger partial charge >= 0.3 is 0 Å². The number of primary amides is 1. The summed E-state index contributed by atoms with van der Waals surface area (Å²) in [5.41, 5.74) is 4.69. The fourth-order valence-electron chi connectivity index (χ4n) is 1.28. The molecule has 1 amide bonds. The summed E-state index contributed by atoms with van der Waals surface area (Å²) in [5.74, 6) is -0.655. The molecule has 0 spiro atoms. The van der Waals surface area contributed by atoms with Crippen molar-refractivity contribution in [2.45, 2.75) is 31.2 Å². The van der Waals surface area contributed by atoms with Crippen LogP contribution >= 0.6 is 0 Å². The Hall–Kier alpha value is -1.40. The molecule has 0 bridgehead atoms. The smallest absolute Gasteiger partial charge is 0.248 e. The Bertz CT molecular complexity index is 530. The second-order valence-electron chi connectivity index (χ2n) is 4.75. The lowest BCUT2D eigenvalue weighted by atomic mass is 10.1. The molecule has 1 rings (SSSR count). The molecule has 0 unspecified atom stereocenters. The normalized spacial score (nSPS) is 12.4. The van der Waals surface area contributed by atoms with E-state index in [-0.39, 0.29) is 10.5 Å². The zero-order chi connectivity index (χ0) is 13.3. The van der Waals surface area contributed by atoms with Crippen LogP contribution in [0.5, 0.6) is 0 Å². The van der Waals surface area contributed by atoms with Crippen molar-refractivity contribution in [2.75, 3.05) is 0 Å². The number of carbonyl (C=O) groups is 1. The van der Waals surface area contributed by atoms with E-state index in [1.165, 1.54) is 24.3 Å². The Balaban J connectivity index is 3.16. The molecule has 3 N–H and O–H groups in total. The van der Waals surface area contributed by atoms with E-state index in [1.54, 1.807) is 20.8 Å². The quantitative estimate of drug-likeness (QED) is 0.840. The summed E-state index contributed by atoms with van der Waals surface area (Å²) < 4.78 is 26.4. The van der Waals surface area contributed by atoms with Gasteiger partial charge in [0.1, 0.15) is 0 Å². The summed E-state index contributed by atoms with van der Waals surface area (Å²) in [6, 6.07) is 5.63. The first-order chi connectivity index (χ1) is 7.62. The maximum atomic E-state index is 12.0. The van der Waals surface area contributed by atoms with Crippen LogP contribution in [-0.2, 0) is 10.0 Å². The highest BCUT2D eigenvalue weighted by atomic mass is 32.2. The average molecular weight is 256 g/mol. The lowest BCUT2D eigenvalue weighted by molar-refractivity contribution is 0.1000. The van der Waals surface area contributed by atoms with Crippen LogP contribution in [0.3, 0.4) is 0 Å². The molecule has 0 saturated heterocycles. The third-order valence-corrected chi connectivity index (χ3v) is 3.63. The summed E-state index contributed by atoms with van der Waals surface area (Å²) in [6.45, 7) is 5.22. The molecule has 0 aromatic heterocycles. The maximum Gasteiger partial charge on any atom is 0.248 e. The summed E-state index contributed by atoms with van der Waals surface area (Å²) in [4.78, 5) is 11.0. The predicted molar refractivity (Wildman–Crippen MR) is 65.0 cm³/mol. The number of rotatable bonds is 3. The van der Waals surface area contributed by atoms with E-state index in [4.69, 9.17) is 5.73 Å². The van der Waals surface area contributed by atoms with Crippen molar-refractivity contribution in [3.63, 3.8) is 0 Å². The molecule has 94 valence electrons. The number of carbonyl (C=O) groups excluding carboxylic acids is 1. The first-order valence-corrected chi connectivity index (χ1v) is 6.54. The molecule has 0 fully saturated rings. The van der Waals surface area contributed by atoms with Gasteiger partial charge in [-0.2, -0.15) is 0 Å². The van der Waals surface area contributed by atoms with Crippen molar-refractivity contribution < 1.29 is 13.2 Å². The maximum absolute atomic E-state index is 12.0. The van der Waals surface area contributed by atoms with Crippen molar-refractivity contribution in [3.8, 4) is 0 Å². The van der Waals surface area contributed by atoms with Crippen LogP contribution in [0.15, 0.2) is 29.2 Å². The number of nitrogens with one attached hydrogen (secondary N) is 1. The predicted octanol–water partition coefficient (Wildman–Crippen LogP) is 0.862. The minimum atomic E-state index is -3.63. The van der Waals surface area contributed by atoms with Gasteiger partial charge in [-0.05, 0) is 39.0 Å². The largest absolute Gasteiger partial charge is 0.366 e. The molecule has 6 heteroatoms. The van der Waals surface area contributed by atoms with E-state index in [0.717, 1.165) is 0 Å². The summed E-state index contributed by atoms with van der Waals surface area (Å²) in [5, 5.41) is 0. The van der Waals surface area contributed by atoms with Gasteiger partial charge in [-0.25, -0.2) is 13.1 Å². The molecular weight excluding hydrogens is 240 g/mol. The molecule has 0 heterocycles. The number of hydrogen-bond acceptors (Lipinski definition) is 3. The Morgan fingerprint density at radius 2 is 1.88 bits per heavy atom. The monoisotopic (exact) mass is 256 g/mol. The van der Waals surface area contributed by atoms with Crippen LogP contribution in [0.1, 0.15) is 31.1 Å². The molecule has 1 aromatic rings. The highest BCUT2D eigenvalue weighted by molar-refractivity contribution is 7.89. The van der Waals surface area contributed by atoms with E-state index in [9.17, 15) is 13.2 Å². The van der Waals surface area contributed by atoms with E-state index in [2.05, 4.69) is 4.72 Å². The van der Waals surface area contributed by atoms with Crippen LogP contribution in [0.4, 0.5) is 0 Å². The molecule has 0 aliphatic heterocycles. The molecule has 1 aromatic carbocycles.